The second kappa shape index (κ2) is 5.67. The number of hydrogen-bond donors (Lipinski definition) is 1. The number of H-pyrrole nitrogens is 1. The molecule has 1 spiro atoms. The highest BCUT2D eigenvalue weighted by atomic mass is 16.6. The average molecular weight is 361 g/mol. The Morgan fingerprint density at radius 1 is 1.19 bits per heavy atom. The molecule has 0 radical (unpaired) electrons. The Morgan fingerprint density at radius 2 is 1.96 bits per heavy atom. The van der Waals surface area contributed by atoms with Gasteiger partial charge in [0, 0.05) is 37.1 Å². The second-order valence-electron chi connectivity index (χ2n) is 7.26. The third-order valence-electron chi connectivity index (χ3n) is 5.67. The molecule has 3 heterocycles. The summed E-state index contributed by atoms with van der Waals surface area (Å²) in [7, 11) is 0. The van der Waals surface area contributed by atoms with Crippen LogP contribution in [-0.4, -0.2) is 34.8 Å². The van der Waals surface area contributed by atoms with Gasteiger partial charge in [-0.2, -0.15) is 0 Å². The Balaban J connectivity index is 1.40. The number of aromatic nitrogens is 2. The first-order valence-corrected chi connectivity index (χ1v) is 9.14. The van der Waals surface area contributed by atoms with Crippen LogP contribution in [0.2, 0.25) is 0 Å². The third kappa shape index (κ3) is 2.44. The summed E-state index contributed by atoms with van der Waals surface area (Å²) in [5.74, 6) is 0.604. The molecule has 0 atom stereocenters. The molecule has 2 aromatic carbocycles. The van der Waals surface area contributed by atoms with Crippen LogP contribution in [0.15, 0.2) is 42.5 Å². The molecular formula is C21H19N3O3. The van der Waals surface area contributed by atoms with E-state index in [-0.39, 0.29) is 11.8 Å². The lowest BCUT2D eigenvalue weighted by molar-refractivity contribution is -0.0211. The number of carbonyl (C=O) groups excluding carboxylic acids is 2. The van der Waals surface area contributed by atoms with Gasteiger partial charge in [-0.3, -0.25) is 4.79 Å². The van der Waals surface area contributed by atoms with Gasteiger partial charge in [-0.1, -0.05) is 18.2 Å². The van der Waals surface area contributed by atoms with E-state index >= 15 is 0 Å². The van der Waals surface area contributed by atoms with Crippen molar-refractivity contribution in [1.82, 2.24) is 9.97 Å². The topological polar surface area (TPSA) is 75.3 Å². The molecule has 1 N–H and O–H groups in total. The molecule has 1 aromatic heterocycles. The first kappa shape index (κ1) is 16.1. The van der Waals surface area contributed by atoms with Crippen molar-refractivity contribution in [2.75, 3.05) is 18.0 Å². The average Bonchev–Trinajstić information content (AvgIpc) is 3.22. The van der Waals surface area contributed by atoms with E-state index in [1.807, 2.05) is 36.4 Å². The predicted molar refractivity (Wildman–Crippen MR) is 101 cm³/mol. The molecular weight excluding hydrogens is 342 g/mol. The number of Topliss-reactive ketones (excluding diaryl/α,β-unsaturated/α-hetero) is 1. The van der Waals surface area contributed by atoms with Gasteiger partial charge in [0.25, 0.3) is 0 Å². The molecule has 0 unspecified atom stereocenters. The largest absolute Gasteiger partial charge is 0.450 e. The minimum atomic E-state index is -0.516. The Bertz CT molecular complexity index is 1080. The number of benzene rings is 2. The number of piperidine rings is 1. The summed E-state index contributed by atoms with van der Waals surface area (Å²) in [6.45, 7) is 3.03. The first-order chi connectivity index (χ1) is 13.1. The fraction of sp³-hybridized carbons (Fsp3) is 0.286. The van der Waals surface area contributed by atoms with E-state index in [1.165, 1.54) is 0 Å². The number of nitrogens with zero attached hydrogens (tertiary/aromatic N) is 2. The van der Waals surface area contributed by atoms with E-state index in [2.05, 4.69) is 14.9 Å². The monoisotopic (exact) mass is 361 g/mol. The maximum Gasteiger partial charge on any atom is 0.339 e. The number of aromatic amines is 1. The molecule has 0 aliphatic carbocycles. The first-order valence-electron chi connectivity index (χ1n) is 9.14. The molecule has 136 valence electrons. The van der Waals surface area contributed by atoms with Crippen LogP contribution in [0.1, 0.15) is 46.0 Å². The predicted octanol–water partition coefficient (Wildman–Crippen LogP) is 3.43. The number of ether oxygens (including phenoxy) is 1. The van der Waals surface area contributed by atoms with E-state index in [4.69, 9.17) is 4.74 Å². The van der Waals surface area contributed by atoms with Gasteiger partial charge in [0.15, 0.2) is 5.78 Å². The normalized spacial score (nSPS) is 18.0. The van der Waals surface area contributed by atoms with E-state index in [1.54, 1.807) is 13.0 Å². The van der Waals surface area contributed by atoms with Crippen molar-refractivity contribution in [3.05, 3.63) is 59.2 Å². The lowest BCUT2D eigenvalue weighted by Crippen LogP contribution is -2.43. The van der Waals surface area contributed by atoms with Crippen LogP contribution in [0.3, 0.4) is 0 Å². The van der Waals surface area contributed by atoms with Crippen LogP contribution >= 0.6 is 0 Å². The van der Waals surface area contributed by atoms with Crippen LogP contribution in [0.25, 0.3) is 11.0 Å². The highest BCUT2D eigenvalue weighted by molar-refractivity contribution is 5.97. The maximum atomic E-state index is 12.2. The molecule has 2 aliphatic heterocycles. The number of rotatable bonds is 2. The standard InChI is InChI=1S/C21H19N3O3/c1-13(25)14-6-7-17-18(12-14)23-20(22-17)24-10-8-21(9-11-24)16-5-3-2-4-15(16)19(26)27-21/h2-7,12H,8-11H2,1H3,(H,22,23). The van der Waals surface area contributed by atoms with Gasteiger partial charge in [-0.15, -0.1) is 0 Å². The number of nitrogens with one attached hydrogen (secondary N) is 1. The lowest BCUT2D eigenvalue weighted by atomic mass is 9.84. The molecule has 6 nitrogen and oxygen atoms in total. The molecule has 1 saturated heterocycles. The summed E-state index contributed by atoms with van der Waals surface area (Å²) in [6.07, 6.45) is 1.46. The van der Waals surface area contributed by atoms with Gasteiger partial charge >= 0.3 is 5.97 Å². The van der Waals surface area contributed by atoms with Crippen molar-refractivity contribution in [1.29, 1.82) is 0 Å². The smallest absolute Gasteiger partial charge is 0.339 e. The van der Waals surface area contributed by atoms with Crippen molar-refractivity contribution in [2.45, 2.75) is 25.4 Å². The number of hydrogen-bond acceptors (Lipinski definition) is 5. The SMILES string of the molecule is CC(=O)c1ccc2nc(N3CCC4(CC3)OC(=O)c3ccccc34)[nH]c2c1. The summed E-state index contributed by atoms with van der Waals surface area (Å²) in [6, 6.07) is 13.2. The Morgan fingerprint density at radius 3 is 2.74 bits per heavy atom. The van der Waals surface area contributed by atoms with Gasteiger partial charge in [-0.25, -0.2) is 9.78 Å². The fourth-order valence-corrected chi connectivity index (χ4v) is 4.16. The van der Waals surface area contributed by atoms with E-state index in [9.17, 15) is 9.59 Å². The van der Waals surface area contributed by atoms with Crippen molar-refractivity contribution in [3.63, 3.8) is 0 Å². The van der Waals surface area contributed by atoms with E-state index < -0.39 is 5.60 Å². The van der Waals surface area contributed by atoms with Crippen LogP contribution in [-0.2, 0) is 10.3 Å². The molecule has 5 rings (SSSR count). The summed E-state index contributed by atoms with van der Waals surface area (Å²) in [5, 5.41) is 0. The van der Waals surface area contributed by atoms with Crippen molar-refractivity contribution in [3.8, 4) is 0 Å². The molecule has 3 aromatic rings. The highest BCUT2D eigenvalue weighted by Gasteiger charge is 2.47. The number of esters is 1. The van der Waals surface area contributed by atoms with Crippen LogP contribution in [0.4, 0.5) is 5.95 Å². The van der Waals surface area contributed by atoms with E-state index in [0.717, 1.165) is 48.5 Å². The summed E-state index contributed by atoms with van der Waals surface area (Å²) in [4.78, 5) is 34.0. The summed E-state index contributed by atoms with van der Waals surface area (Å²) < 4.78 is 5.81. The Hall–Kier alpha value is -3.15. The fourth-order valence-electron chi connectivity index (χ4n) is 4.16. The number of ketones is 1. The minimum absolute atomic E-state index is 0.0367. The zero-order chi connectivity index (χ0) is 18.6. The minimum Gasteiger partial charge on any atom is -0.450 e. The highest BCUT2D eigenvalue weighted by Crippen LogP contribution is 2.44. The Labute approximate surface area is 156 Å². The van der Waals surface area contributed by atoms with Gasteiger partial charge in [0.05, 0.1) is 16.6 Å². The van der Waals surface area contributed by atoms with Crippen LogP contribution in [0, 0.1) is 0 Å². The number of imidazole rings is 1. The van der Waals surface area contributed by atoms with Crippen molar-refractivity contribution in [2.24, 2.45) is 0 Å². The number of fused-ring (bicyclic) bond motifs is 3. The molecule has 0 saturated carbocycles. The van der Waals surface area contributed by atoms with Gasteiger partial charge in [0.2, 0.25) is 5.95 Å². The van der Waals surface area contributed by atoms with Crippen molar-refractivity contribution >= 4 is 28.7 Å². The third-order valence-corrected chi connectivity index (χ3v) is 5.67. The van der Waals surface area contributed by atoms with Gasteiger partial charge < -0.3 is 14.6 Å². The zero-order valence-corrected chi connectivity index (χ0v) is 15.0. The maximum absolute atomic E-state index is 12.2. The molecule has 0 bridgehead atoms. The molecule has 0 amide bonds. The zero-order valence-electron chi connectivity index (χ0n) is 15.0. The quantitative estimate of drug-likeness (QED) is 0.559. The second-order valence-corrected chi connectivity index (χ2v) is 7.26. The number of carbonyl (C=O) groups is 2. The van der Waals surface area contributed by atoms with Gasteiger partial charge in [0.1, 0.15) is 5.60 Å². The summed E-state index contributed by atoms with van der Waals surface area (Å²) in [5.41, 5.74) is 3.54. The van der Waals surface area contributed by atoms with E-state index in [0.29, 0.717) is 11.1 Å². The molecule has 27 heavy (non-hydrogen) atoms. The number of anilines is 1. The van der Waals surface area contributed by atoms with Crippen molar-refractivity contribution < 1.29 is 14.3 Å². The molecule has 1 fully saturated rings. The molecule has 2 aliphatic rings. The Kier molecular flexibility index (Phi) is 3.37. The lowest BCUT2D eigenvalue weighted by Gasteiger charge is -2.38. The van der Waals surface area contributed by atoms with Crippen LogP contribution < -0.4 is 4.90 Å². The molecule has 6 heteroatoms. The van der Waals surface area contributed by atoms with Gasteiger partial charge in [-0.05, 0) is 31.2 Å². The van der Waals surface area contributed by atoms with Crippen LogP contribution in [0.5, 0.6) is 0 Å². The summed E-state index contributed by atoms with van der Waals surface area (Å²) >= 11 is 0.